The van der Waals surface area contributed by atoms with E-state index in [0.717, 1.165) is 65.4 Å². The molecule has 0 amide bonds. The fourth-order valence-corrected chi connectivity index (χ4v) is 4.30. The molecule has 1 saturated heterocycles. The van der Waals surface area contributed by atoms with E-state index in [1.54, 1.807) is 27.7 Å². The average molecular weight is 419 g/mol. The van der Waals surface area contributed by atoms with E-state index in [2.05, 4.69) is 30.8 Å². The van der Waals surface area contributed by atoms with Crippen molar-refractivity contribution in [2.24, 2.45) is 0 Å². The van der Waals surface area contributed by atoms with Gasteiger partial charge < -0.3 is 29.0 Å². The molecule has 2 aromatic carbocycles. The number of piperazine rings is 1. The number of aromatic nitrogens is 3. The van der Waals surface area contributed by atoms with E-state index in [1.807, 2.05) is 30.3 Å². The Morgan fingerprint density at radius 3 is 2.23 bits per heavy atom. The number of para-hydroxylation sites is 2. The zero-order valence-corrected chi connectivity index (χ0v) is 17.9. The topological polar surface area (TPSA) is 75.7 Å². The van der Waals surface area contributed by atoms with E-state index in [9.17, 15) is 0 Å². The third-order valence-electron chi connectivity index (χ3n) is 5.87. The summed E-state index contributed by atoms with van der Waals surface area (Å²) in [6.07, 6.45) is 1.63. The van der Waals surface area contributed by atoms with Crippen LogP contribution in [-0.2, 0) is 0 Å². The number of hydrogen-bond acceptors (Lipinski definition) is 7. The molecule has 160 valence electrons. The van der Waals surface area contributed by atoms with Gasteiger partial charge in [0.2, 0.25) is 0 Å². The summed E-state index contributed by atoms with van der Waals surface area (Å²) in [6, 6.07) is 12.1. The van der Waals surface area contributed by atoms with Crippen LogP contribution in [-0.4, -0.2) is 62.5 Å². The maximum Gasteiger partial charge on any atom is 0.162 e. The molecule has 0 radical (unpaired) electrons. The lowest BCUT2D eigenvalue weighted by atomic mass is 10.2. The monoisotopic (exact) mass is 419 g/mol. The lowest BCUT2D eigenvalue weighted by molar-refractivity contribution is 0.356. The number of aromatic amines is 1. The SMILES string of the molecule is COc1cc2[nH]c3c(N4CCN(c5ccccc5OC)CC4)ncnc3c2cc1OC. The lowest BCUT2D eigenvalue weighted by Crippen LogP contribution is -2.47. The number of ether oxygens (including phenoxy) is 3. The van der Waals surface area contributed by atoms with E-state index in [-0.39, 0.29) is 0 Å². The first-order valence-corrected chi connectivity index (χ1v) is 10.2. The van der Waals surface area contributed by atoms with Crippen LogP contribution in [0.1, 0.15) is 0 Å². The van der Waals surface area contributed by atoms with Gasteiger partial charge in [0.15, 0.2) is 17.3 Å². The number of benzene rings is 2. The summed E-state index contributed by atoms with van der Waals surface area (Å²) in [6.45, 7) is 3.47. The molecule has 8 nitrogen and oxygen atoms in total. The summed E-state index contributed by atoms with van der Waals surface area (Å²) < 4.78 is 16.5. The largest absolute Gasteiger partial charge is 0.495 e. The van der Waals surface area contributed by atoms with Crippen LogP contribution in [0.4, 0.5) is 11.5 Å². The normalized spacial score (nSPS) is 14.3. The Labute approximate surface area is 180 Å². The molecule has 5 rings (SSSR count). The first-order chi connectivity index (χ1) is 15.2. The van der Waals surface area contributed by atoms with Gasteiger partial charge in [0.25, 0.3) is 0 Å². The molecule has 0 bridgehead atoms. The van der Waals surface area contributed by atoms with Crippen LogP contribution in [0.5, 0.6) is 17.2 Å². The van der Waals surface area contributed by atoms with Crippen LogP contribution >= 0.6 is 0 Å². The highest BCUT2D eigenvalue weighted by Crippen LogP contribution is 2.37. The van der Waals surface area contributed by atoms with E-state index >= 15 is 0 Å². The molecule has 0 saturated carbocycles. The molecule has 1 aliphatic heterocycles. The smallest absolute Gasteiger partial charge is 0.162 e. The van der Waals surface area contributed by atoms with Crippen LogP contribution in [0.15, 0.2) is 42.7 Å². The van der Waals surface area contributed by atoms with Gasteiger partial charge in [-0.05, 0) is 18.2 Å². The van der Waals surface area contributed by atoms with Gasteiger partial charge in [-0.25, -0.2) is 9.97 Å². The molecule has 31 heavy (non-hydrogen) atoms. The Morgan fingerprint density at radius 2 is 1.48 bits per heavy atom. The number of fused-ring (bicyclic) bond motifs is 3. The van der Waals surface area contributed by atoms with Crippen LogP contribution in [0, 0.1) is 0 Å². The van der Waals surface area contributed by atoms with Gasteiger partial charge in [-0.2, -0.15) is 0 Å². The van der Waals surface area contributed by atoms with Gasteiger partial charge in [-0.3, -0.25) is 0 Å². The molecular formula is C23H25N5O3. The third-order valence-corrected chi connectivity index (χ3v) is 5.87. The molecule has 0 aliphatic carbocycles. The van der Waals surface area contributed by atoms with Crippen molar-refractivity contribution in [3.8, 4) is 17.2 Å². The number of rotatable bonds is 5. The molecule has 0 unspecified atom stereocenters. The van der Waals surface area contributed by atoms with E-state index < -0.39 is 0 Å². The zero-order chi connectivity index (χ0) is 21.4. The van der Waals surface area contributed by atoms with Crippen molar-refractivity contribution in [2.45, 2.75) is 0 Å². The van der Waals surface area contributed by atoms with Crippen LogP contribution in [0.3, 0.4) is 0 Å². The molecule has 2 aromatic heterocycles. The third kappa shape index (κ3) is 3.24. The van der Waals surface area contributed by atoms with Crippen LogP contribution in [0.25, 0.3) is 21.9 Å². The second kappa shape index (κ2) is 7.86. The van der Waals surface area contributed by atoms with Gasteiger partial charge in [0.05, 0.1) is 32.5 Å². The van der Waals surface area contributed by atoms with Crippen molar-refractivity contribution in [2.75, 3.05) is 57.3 Å². The molecule has 4 aromatic rings. The van der Waals surface area contributed by atoms with Gasteiger partial charge >= 0.3 is 0 Å². The number of anilines is 2. The van der Waals surface area contributed by atoms with Crippen molar-refractivity contribution in [3.05, 3.63) is 42.7 Å². The van der Waals surface area contributed by atoms with Crippen LogP contribution in [0.2, 0.25) is 0 Å². The zero-order valence-electron chi connectivity index (χ0n) is 17.9. The Bertz CT molecular complexity index is 1230. The highest BCUT2D eigenvalue weighted by Gasteiger charge is 2.23. The quantitative estimate of drug-likeness (QED) is 0.531. The maximum atomic E-state index is 5.54. The van der Waals surface area contributed by atoms with Gasteiger partial charge in [0, 0.05) is 37.6 Å². The molecule has 8 heteroatoms. The summed E-state index contributed by atoms with van der Waals surface area (Å²) >= 11 is 0. The van der Waals surface area contributed by atoms with Crippen molar-refractivity contribution >= 4 is 33.4 Å². The average Bonchev–Trinajstić information content (AvgIpc) is 3.20. The predicted octanol–water partition coefficient (Wildman–Crippen LogP) is 3.46. The molecule has 0 spiro atoms. The van der Waals surface area contributed by atoms with Gasteiger partial charge in [-0.15, -0.1) is 0 Å². The summed E-state index contributed by atoms with van der Waals surface area (Å²) in [7, 11) is 4.99. The Hall–Kier alpha value is -3.68. The van der Waals surface area contributed by atoms with E-state index in [4.69, 9.17) is 14.2 Å². The minimum Gasteiger partial charge on any atom is -0.495 e. The fraction of sp³-hybridized carbons (Fsp3) is 0.304. The van der Waals surface area contributed by atoms with Gasteiger partial charge in [0.1, 0.15) is 23.1 Å². The summed E-state index contributed by atoms with van der Waals surface area (Å²) in [4.78, 5) is 17.3. The highest BCUT2D eigenvalue weighted by molar-refractivity contribution is 6.09. The number of H-pyrrole nitrogens is 1. The lowest BCUT2D eigenvalue weighted by Gasteiger charge is -2.37. The summed E-state index contributed by atoms with van der Waals surface area (Å²) in [5, 5.41) is 0.990. The Balaban J connectivity index is 1.47. The van der Waals surface area contributed by atoms with Crippen molar-refractivity contribution in [1.82, 2.24) is 15.0 Å². The Morgan fingerprint density at radius 1 is 0.806 bits per heavy atom. The van der Waals surface area contributed by atoms with Crippen LogP contribution < -0.4 is 24.0 Å². The van der Waals surface area contributed by atoms with Crippen molar-refractivity contribution in [1.29, 1.82) is 0 Å². The highest BCUT2D eigenvalue weighted by atomic mass is 16.5. The number of methoxy groups -OCH3 is 3. The van der Waals surface area contributed by atoms with Crippen molar-refractivity contribution < 1.29 is 14.2 Å². The molecule has 0 atom stereocenters. The first kappa shape index (κ1) is 19.3. The van der Waals surface area contributed by atoms with Gasteiger partial charge in [-0.1, -0.05) is 12.1 Å². The molecule has 3 heterocycles. The Kier molecular flexibility index (Phi) is 4.89. The number of hydrogen-bond donors (Lipinski definition) is 1. The molecule has 1 N–H and O–H groups in total. The van der Waals surface area contributed by atoms with E-state index in [0.29, 0.717) is 11.5 Å². The maximum absolute atomic E-state index is 5.54. The van der Waals surface area contributed by atoms with Crippen molar-refractivity contribution in [3.63, 3.8) is 0 Å². The minimum absolute atomic E-state index is 0.682. The summed E-state index contributed by atoms with van der Waals surface area (Å²) in [5.41, 5.74) is 3.89. The molecule has 1 fully saturated rings. The molecule has 1 aliphatic rings. The fourth-order valence-electron chi connectivity index (χ4n) is 4.30. The van der Waals surface area contributed by atoms with E-state index in [1.165, 1.54) is 0 Å². The number of nitrogens with zero attached hydrogens (tertiary/aromatic N) is 4. The first-order valence-electron chi connectivity index (χ1n) is 10.2. The molecular weight excluding hydrogens is 394 g/mol. The number of nitrogens with one attached hydrogen (secondary N) is 1. The standard InChI is InChI=1S/C23H25N5O3/c1-29-18-7-5-4-6-17(18)27-8-10-28(11-9-27)23-22-21(24-14-25-23)15-12-19(30-2)20(31-3)13-16(15)26-22/h4-7,12-14,26H,8-11H2,1-3H3. The minimum atomic E-state index is 0.682. The second-order valence-electron chi connectivity index (χ2n) is 7.44. The summed E-state index contributed by atoms with van der Waals surface area (Å²) in [5.74, 6) is 3.18. The predicted molar refractivity (Wildman–Crippen MR) is 122 cm³/mol. The second-order valence-corrected chi connectivity index (χ2v) is 7.44.